The van der Waals surface area contributed by atoms with Crippen molar-refractivity contribution < 1.29 is 4.79 Å². The third-order valence-corrected chi connectivity index (χ3v) is 5.27. The maximum Gasteiger partial charge on any atom is 0.317 e. The number of hydrogen-bond acceptors (Lipinski definition) is 2. The first-order valence-electron chi connectivity index (χ1n) is 9.25. The molecule has 1 aliphatic carbocycles. The van der Waals surface area contributed by atoms with E-state index < -0.39 is 0 Å². The zero-order valence-corrected chi connectivity index (χ0v) is 15.7. The van der Waals surface area contributed by atoms with Gasteiger partial charge in [-0.3, -0.25) is 0 Å². The Bertz CT molecular complexity index is 761. The lowest BCUT2D eigenvalue weighted by Crippen LogP contribution is -2.42. The summed E-state index contributed by atoms with van der Waals surface area (Å²) in [7, 11) is 0. The van der Waals surface area contributed by atoms with Crippen LogP contribution in [0.15, 0.2) is 24.4 Å². The molecule has 134 valence electrons. The summed E-state index contributed by atoms with van der Waals surface area (Å²) >= 11 is 0. The second kappa shape index (κ2) is 7.30. The maximum atomic E-state index is 12.4. The van der Waals surface area contributed by atoms with Crippen molar-refractivity contribution in [3.8, 4) is 5.69 Å². The minimum atomic E-state index is 0.0155. The topological polar surface area (TPSA) is 50.2 Å². The van der Waals surface area contributed by atoms with Gasteiger partial charge in [0.15, 0.2) is 0 Å². The summed E-state index contributed by atoms with van der Waals surface area (Å²) in [6.45, 7) is 9.71. The van der Waals surface area contributed by atoms with E-state index in [1.54, 1.807) is 0 Å². The van der Waals surface area contributed by atoms with Crippen molar-refractivity contribution in [2.75, 3.05) is 13.1 Å². The smallest absolute Gasteiger partial charge is 0.317 e. The molecule has 0 saturated carbocycles. The van der Waals surface area contributed by atoms with Gasteiger partial charge in [-0.1, -0.05) is 6.07 Å². The van der Waals surface area contributed by atoms with Gasteiger partial charge in [0.25, 0.3) is 0 Å². The molecule has 0 bridgehead atoms. The van der Waals surface area contributed by atoms with Crippen molar-refractivity contribution in [1.82, 2.24) is 20.0 Å². The number of hydrogen-bond donors (Lipinski definition) is 1. The predicted molar refractivity (Wildman–Crippen MR) is 100 cm³/mol. The predicted octanol–water partition coefficient (Wildman–Crippen LogP) is 3.92. The third-order valence-electron chi connectivity index (χ3n) is 5.27. The van der Waals surface area contributed by atoms with Crippen LogP contribution in [0.3, 0.4) is 0 Å². The first kappa shape index (κ1) is 17.5. The second-order valence-electron chi connectivity index (χ2n) is 6.79. The zero-order valence-electron chi connectivity index (χ0n) is 15.7. The van der Waals surface area contributed by atoms with Gasteiger partial charge < -0.3 is 10.2 Å². The average Bonchev–Trinajstić information content (AvgIpc) is 3.03. The van der Waals surface area contributed by atoms with Crippen molar-refractivity contribution in [2.24, 2.45) is 0 Å². The van der Waals surface area contributed by atoms with Crippen molar-refractivity contribution >= 4 is 6.03 Å². The molecule has 1 aromatic heterocycles. The number of amides is 2. The summed E-state index contributed by atoms with van der Waals surface area (Å²) in [5, 5.41) is 7.83. The molecule has 1 heterocycles. The Kier molecular flexibility index (Phi) is 5.11. The van der Waals surface area contributed by atoms with Gasteiger partial charge >= 0.3 is 6.03 Å². The normalized spacial score (nSPS) is 16.4. The van der Waals surface area contributed by atoms with Crippen LogP contribution in [-0.2, 0) is 6.42 Å². The van der Waals surface area contributed by atoms with Crippen molar-refractivity contribution in [2.45, 2.75) is 53.0 Å². The number of nitrogens with one attached hydrogen (secondary N) is 1. The Morgan fingerprint density at radius 3 is 2.72 bits per heavy atom. The fourth-order valence-corrected chi connectivity index (χ4v) is 3.54. The molecular formula is C20H28N4O. The van der Waals surface area contributed by atoms with E-state index in [2.05, 4.69) is 42.5 Å². The summed E-state index contributed by atoms with van der Waals surface area (Å²) in [5.41, 5.74) is 6.03. The number of aryl methyl sites for hydroxylation is 2. The van der Waals surface area contributed by atoms with Gasteiger partial charge in [-0.2, -0.15) is 5.10 Å². The van der Waals surface area contributed by atoms with E-state index in [0.717, 1.165) is 43.6 Å². The number of carbonyl (C=O) groups excluding carboxylic acids is 1. The van der Waals surface area contributed by atoms with Crippen LogP contribution in [0.4, 0.5) is 4.79 Å². The van der Waals surface area contributed by atoms with Crippen LogP contribution in [-0.4, -0.2) is 33.8 Å². The minimum Gasteiger partial charge on any atom is -0.331 e. The standard InChI is InChI=1S/C20H28N4O/c1-5-23(6-2)20(25)22-18-8-7-9-19-17(18)13-21-24(19)16-11-10-14(3)15(4)12-16/h10-13,18H,5-9H2,1-4H3,(H,22,25)/t18-/m0/s1. The number of aromatic nitrogens is 2. The highest BCUT2D eigenvalue weighted by atomic mass is 16.2. The highest BCUT2D eigenvalue weighted by Crippen LogP contribution is 2.31. The molecule has 5 nitrogen and oxygen atoms in total. The second-order valence-corrected chi connectivity index (χ2v) is 6.79. The molecule has 2 amide bonds. The fourth-order valence-electron chi connectivity index (χ4n) is 3.54. The van der Waals surface area contributed by atoms with E-state index in [1.807, 2.05) is 29.6 Å². The molecule has 0 radical (unpaired) electrons. The summed E-state index contributed by atoms with van der Waals surface area (Å²) in [4.78, 5) is 14.3. The van der Waals surface area contributed by atoms with Crippen molar-refractivity contribution in [1.29, 1.82) is 0 Å². The molecule has 3 rings (SSSR count). The lowest BCUT2D eigenvalue weighted by atomic mass is 9.93. The van der Waals surface area contributed by atoms with Gasteiger partial charge in [0.2, 0.25) is 0 Å². The molecular weight excluding hydrogens is 312 g/mol. The quantitative estimate of drug-likeness (QED) is 0.917. The zero-order chi connectivity index (χ0) is 18.0. The number of carbonyl (C=O) groups is 1. The lowest BCUT2D eigenvalue weighted by Gasteiger charge is -2.27. The first-order valence-corrected chi connectivity index (χ1v) is 9.25. The van der Waals surface area contributed by atoms with Gasteiger partial charge in [0.05, 0.1) is 17.9 Å². The van der Waals surface area contributed by atoms with E-state index in [9.17, 15) is 4.79 Å². The van der Waals surface area contributed by atoms with Crippen LogP contribution in [0.25, 0.3) is 5.69 Å². The van der Waals surface area contributed by atoms with Crippen LogP contribution in [0.2, 0.25) is 0 Å². The molecule has 0 saturated heterocycles. The Morgan fingerprint density at radius 2 is 2.04 bits per heavy atom. The Balaban J connectivity index is 1.87. The molecule has 1 N–H and O–H groups in total. The molecule has 1 atom stereocenters. The number of fused-ring (bicyclic) bond motifs is 1. The Morgan fingerprint density at radius 1 is 1.28 bits per heavy atom. The maximum absolute atomic E-state index is 12.4. The lowest BCUT2D eigenvalue weighted by molar-refractivity contribution is 0.197. The fraction of sp³-hybridized carbons (Fsp3) is 0.500. The summed E-state index contributed by atoms with van der Waals surface area (Å²) < 4.78 is 2.04. The third kappa shape index (κ3) is 3.41. The molecule has 0 spiro atoms. The summed E-state index contributed by atoms with van der Waals surface area (Å²) in [5.74, 6) is 0. The van der Waals surface area contributed by atoms with Crippen LogP contribution in [0.5, 0.6) is 0 Å². The molecule has 25 heavy (non-hydrogen) atoms. The van der Waals surface area contributed by atoms with Crippen LogP contribution in [0, 0.1) is 13.8 Å². The highest BCUT2D eigenvalue weighted by molar-refractivity contribution is 5.74. The first-order chi connectivity index (χ1) is 12.0. The number of rotatable bonds is 4. The van der Waals surface area contributed by atoms with Gasteiger partial charge in [0, 0.05) is 24.3 Å². The monoisotopic (exact) mass is 340 g/mol. The van der Waals surface area contributed by atoms with Gasteiger partial charge in [-0.05, 0) is 70.2 Å². The molecule has 0 fully saturated rings. The van der Waals surface area contributed by atoms with Gasteiger partial charge in [0.1, 0.15) is 0 Å². The van der Waals surface area contributed by atoms with E-state index >= 15 is 0 Å². The average molecular weight is 340 g/mol. The molecule has 0 unspecified atom stereocenters. The molecule has 5 heteroatoms. The van der Waals surface area contributed by atoms with Crippen molar-refractivity contribution in [3.05, 3.63) is 46.8 Å². The molecule has 0 aliphatic heterocycles. The van der Waals surface area contributed by atoms with Crippen LogP contribution >= 0.6 is 0 Å². The summed E-state index contributed by atoms with van der Waals surface area (Å²) in [6, 6.07) is 6.51. The van der Waals surface area contributed by atoms with E-state index in [1.165, 1.54) is 16.8 Å². The Labute approximate surface area is 150 Å². The van der Waals surface area contributed by atoms with Crippen LogP contribution < -0.4 is 5.32 Å². The number of urea groups is 1. The van der Waals surface area contributed by atoms with E-state index in [0.29, 0.717) is 0 Å². The number of benzene rings is 1. The van der Waals surface area contributed by atoms with Gasteiger partial charge in [-0.25, -0.2) is 9.48 Å². The minimum absolute atomic E-state index is 0.0155. The Hall–Kier alpha value is -2.30. The SMILES string of the molecule is CCN(CC)C(=O)N[C@H]1CCCc2c1cnn2-c1ccc(C)c(C)c1. The molecule has 1 aromatic carbocycles. The molecule has 1 aliphatic rings. The van der Waals surface area contributed by atoms with Crippen LogP contribution in [0.1, 0.15) is 55.1 Å². The number of nitrogens with zero attached hydrogens (tertiary/aromatic N) is 3. The van der Waals surface area contributed by atoms with E-state index in [-0.39, 0.29) is 12.1 Å². The van der Waals surface area contributed by atoms with Gasteiger partial charge in [-0.15, -0.1) is 0 Å². The highest BCUT2D eigenvalue weighted by Gasteiger charge is 2.27. The molecule has 2 aromatic rings. The van der Waals surface area contributed by atoms with E-state index in [4.69, 9.17) is 0 Å². The van der Waals surface area contributed by atoms with Crippen molar-refractivity contribution in [3.63, 3.8) is 0 Å². The summed E-state index contributed by atoms with van der Waals surface area (Å²) in [6.07, 6.45) is 4.96. The largest absolute Gasteiger partial charge is 0.331 e.